The fraction of sp³-hybridized carbons (Fsp3) is 0.286. The lowest BCUT2D eigenvalue weighted by atomic mass is 10.2. The van der Waals surface area contributed by atoms with Gasteiger partial charge in [0.15, 0.2) is 0 Å². The average molecular weight is 305 g/mol. The van der Waals surface area contributed by atoms with Gasteiger partial charge in [0.05, 0.1) is 6.61 Å². The van der Waals surface area contributed by atoms with Crippen molar-refractivity contribution in [2.45, 2.75) is 13.5 Å². The number of ether oxygens (including phenoxy) is 1. The number of nitrogens with zero attached hydrogens (tertiary/aromatic N) is 3. The molecule has 0 spiro atoms. The normalized spacial score (nSPS) is 10.2. The Morgan fingerprint density at radius 2 is 2.24 bits per heavy atom. The third-order valence-electron chi connectivity index (χ3n) is 2.66. The predicted molar refractivity (Wildman–Crippen MR) is 78.1 cm³/mol. The number of thiazole rings is 1. The second kappa shape index (κ2) is 6.94. The summed E-state index contributed by atoms with van der Waals surface area (Å²) in [6.07, 6.45) is 3.38. The number of carbonyl (C=O) groups excluding carboxylic acids is 2. The topological polar surface area (TPSA) is 72.4 Å². The molecule has 0 unspecified atom stereocenters. The van der Waals surface area contributed by atoms with E-state index in [1.165, 1.54) is 4.90 Å². The molecule has 0 fully saturated rings. The molecule has 0 aliphatic heterocycles. The van der Waals surface area contributed by atoms with E-state index in [0.29, 0.717) is 6.54 Å². The van der Waals surface area contributed by atoms with Gasteiger partial charge in [-0.3, -0.25) is 9.78 Å². The summed E-state index contributed by atoms with van der Waals surface area (Å²) in [5, 5.41) is 1.75. The monoisotopic (exact) mass is 305 g/mol. The van der Waals surface area contributed by atoms with Gasteiger partial charge in [0, 0.05) is 31.4 Å². The number of amides is 1. The van der Waals surface area contributed by atoms with E-state index in [-0.39, 0.29) is 23.2 Å². The van der Waals surface area contributed by atoms with Gasteiger partial charge in [-0.25, -0.2) is 9.78 Å². The summed E-state index contributed by atoms with van der Waals surface area (Å²) in [6, 6.07) is 3.71. The summed E-state index contributed by atoms with van der Waals surface area (Å²) in [7, 11) is 1.68. The zero-order valence-corrected chi connectivity index (χ0v) is 12.6. The predicted octanol–water partition coefficient (Wildman–Crippen LogP) is 1.99. The molecule has 2 heterocycles. The maximum absolute atomic E-state index is 12.2. The summed E-state index contributed by atoms with van der Waals surface area (Å²) in [5.74, 6) is -0.748. The van der Waals surface area contributed by atoms with Gasteiger partial charge in [-0.15, -0.1) is 11.3 Å². The maximum atomic E-state index is 12.2. The Balaban J connectivity index is 2.04. The van der Waals surface area contributed by atoms with Crippen molar-refractivity contribution in [2.75, 3.05) is 13.7 Å². The highest BCUT2D eigenvalue weighted by Crippen LogP contribution is 2.13. The molecule has 0 radical (unpaired) electrons. The Kier molecular flexibility index (Phi) is 4.99. The van der Waals surface area contributed by atoms with Crippen molar-refractivity contribution in [3.63, 3.8) is 0 Å². The van der Waals surface area contributed by atoms with Gasteiger partial charge < -0.3 is 9.64 Å². The molecule has 110 valence electrons. The summed E-state index contributed by atoms with van der Waals surface area (Å²) >= 11 is 1.10. The van der Waals surface area contributed by atoms with Crippen LogP contribution >= 0.6 is 11.3 Å². The Bertz CT molecular complexity index is 627. The third-order valence-corrected chi connectivity index (χ3v) is 3.48. The minimum Gasteiger partial charge on any atom is -0.461 e. The molecule has 7 heteroatoms. The molecular weight excluding hydrogens is 290 g/mol. The molecular formula is C14H15N3O3S. The highest BCUT2D eigenvalue weighted by molar-refractivity contribution is 7.11. The first-order valence-corrected chi connectivity index (χ1v) is 7.26. The van der Waals surface area contributed by atoms with Crippen LogP contribution < -0.4 is 0 Å². The second-order valence-electron chi connectivity index (χ2n) is 4.28. The van der Waals surface area contributed by atoms with Crippen LogP contribution in [0.4, 0.5) is 0 Å². The van der Waals surface area contributed by atoms with Gasteiger partial charge in [0.1, 0.15) is 5.69 Å². The van der Waals surface area contributed by atoms with Crippen LogP contribution in [-0.4, -0.2) is 40.4 Å². The van der Waals surface area contributed by atoms with E-state index in [0.717, 1.165) is 16.9 Å². The Labute approximate surface area is 126 Å². The lowest BCUT2D eigenvalue weighted by molar-refractivity contribution is 0.0526. The molecule has 0 saturated heterocycles. The number of rotatable bonds is 5. The van der Waals surface area contributed by atoms with Crippen molar-refractivity contribution in [1.29, 1.82) is 0 Å². The third kappa shape index (κ3) is 3.85. The fourth-order valence-corrected chi connectivity index (χ4v) is 2.37. The first kappa shape index (κ1) is 15.1. The van der Waals surface area contributed by atoms with Gasteiger partial charge in [-0.2, -0.15) is 0 Å². The Morgan fingerprint density at radius 3 is 2.90 bits per heavy atom. The molecule has 0 aliphatic carbocycles. The van der Waals surface area contributed by atoms with Gasteiger partial charge in [0.25, 0.3) is 5.91 Å². The van der Waals surface area contributed by atoms with Crippen molar-refractivity contribution in [2.24, 2.45) is 0 Å². The SMILES string of the molecule is CCOC(=O)c1nc(C(=O)N(C)Cc2cccnc2)cs1. The number of hydrogen-bond donors (Lipinski definition) is 0. The second-order valence-corrected chi connectivity index (χ2v) is 5.14. The highest BCUT2D eigenvalue weighted by atomic mass is 32.1. The van der Waals surface area contributed by atoms with Crippen LogP contribution in [0.3, 0.4) is 0 Å². The molecule has 21 heavy (non-hydrogen) atoms. The van der Waals surface area contributed by atoms with E-state index in [1.807, 2.05) is 12.1 Å². The first-order chi connectivity index (χ1) is 10.1. The van der Waals surface area contributed by atoms with E-state index < -0.39 is 5.97 Å². The molecule has 0 bridgehead atoms. The van der Waals surface area contributed by atoms with Crippen molar-refractivity contribution in [1.82, 2.24) is 14.9 Å². The smallest absolute Gasteiger partial charge is 0.367 e. The van der Waals surface area contributed by atoms with Crippen LogP contribution in [-0.2, 0) is 11.3 Å². The molecule has 0 N–H and O–H groups in total. The lowest BCUT2D eigenvalue weighted by Gasteiger charge is -2.15. The number of hydrogen-bond acceptors (Lipinski definition) is 6. The van der Waals surface area contributed by atoms with E-state index in [9.17, 15) is 9.59 Å². The first-order valence-electron chi connectivity index (χ1n) is 6.38. The largest absolute Gasteiger partial charge is 0.461 e. The summed E-state index contributed by atoms with van der Waals surface area (Å²) < 4.78 is 4.85. The average Bonchev–Trinajstić information content (AvgIpc) is 2.97. The van der Waals surface area contributed by atoms with E-state index in [4.69, 9.17) is 4.74 Å². The maximum Gasteiger partial charge on any atom is 0.367 e. The standard InChI is InChI=1S/C14H15N3O3S/c1-3-20-14(19)12-16-11(9-21-12)13(18)17(2)8-10-5-4-6-15-7-10/h4-7,9H,3,8H2,1-2H3. The molecule has 2 aromatic heterocycles. The number of pyridine rings is 1. The summed E-state index contributed by atoms with van der Waals surface area (Å²) in [4.78, 5) is 33.3. The van der Waals surface area contributed by atoms with E-state index >= 15 is 0 Å². The zero-order valence-electron chi connectivity index (χ0n) is 11.8. The quantitative estimate of drug-likeness (QED) is 0.790. The van der Waals surface area contributed by atoms with Crippen molar-refractivity contribution >= 4 is 23.2 Å². The number of carbonyl (C=O) groups is 2. The molecule has 1 amide bonds. The molecule has 6 nitrogen and oxygen atoms in total. The molecule has 2 rings (SSSR count). The molecule has 0 saturated carbocycles. The minimum absolute atomic E-state index is 0.190. The zero-order chi connectivity index (χ0) is 15.2. The van der Waals surface area contributed by atoms with Gasteiger partial charge in [0.2, 0.25) is 5.01 Å². The van der Waals surface area contributed by atoms with Crippen molar-refractivity contribution in [3.8, 4) is 0 Å². The van der Waals surface area contributed by atoms with E-state index in [1.54, 1.807) is 31.7 Å². The molecule has 2 aromatic rings. The summed E-state index contributed by atoms with van der Waals surface area (Å²) in [6.45, 7) is 2.43. The van der Waals surface area contributed by atoms with Crippen LogP contribution in [0.25, 0.3) is 0 Å². The van der Waals surface area contributed by atoms with Gasteiger partial charge in [-0.05, 0) is 18.6 Å². The fourth-order valence-electron chi connectivity index (χ4n) is 1.69. The molecule has 0 aromatic carbocycles. The van der Waals surface area contributed by atoms with Crippen LogP contribution in [0, 0.1) is 0 Å². The van der Waals surface area contributed by atoms with Crippen LogP contribution in [0.1, 0.15) is 32.8 Å². The summed E-state index contributed by atoms with van der Waals surface area (Å²) in [5.41, 5.74) is 1.17. The van der Waals surface area contributed by atoms with Crippen LogP contribution in [0.2, 0.25) is 0 Å². The van der Waals surface area contributed by atoms with E-state index in [2.05, 4.69) is 9.97 Å². The Hall–Kier alpha value is -2.28. The highest BCUT2D eigenvalue weighted by Gasteiger charge is 2.19. The number of aromatic nitrogens is 2. The molecule has 0 aliphatic rings. The number of esters is 1. The Morgan fingerprint density at radius 1 is 1.43 bits per heavy atom. The van der Waals surface area contributed by atoms with Gasteiger partial charge >= 0.3 is 5.97 Å². The lowest BCUT2D eigenvalue weighted by Crippen LogP contribution is -2.26. The van der Waals surface area contributed by atoms with Crippen molar-refractivity contribution in [3.05, 3.63) is 46.2 Å². The van der Waals surface area contributed by atoms with Gasteiger partial charge in [-0.1, -0.05) is 6.07 Å². The van der Waals surface area contributed by atoms with Crippen LogP contribution in [0.15, 0.2) is 29.9 Å². The molecule has 0 atom stereocenters. The minimum atomic E-state index is -0.503. The van der Waals surface area contributed by atoms with Crippen LogP contribution in [0.5, 0.6) is 0 Å². The van der Waals surface area contributed by atoms with Crippen molar-refractivity contribution < 1.29 is 14.3 Å².